The third-order valence-corrected chi connectivity index (χ3v) is 3.48. The van der Waals surface area contributed by atoms with Gasteiger partial charge in [-0.15, -0.1) is 0 Å². The maximum Gasteiger partial charge on any atom is 0.341 e. The molecule has 5 heteroatoms. The van der Waals surface area contributed by atoms with Crippen LogP contribution in [-0.2, 0) is 11.3 Å². The van der Waals surface area contributed by atoms with Gasteiger partial charge in [-0.3, -0.25) is 4.79 Å². The number of rotatable bonds is 6. The number of hydrogen-bond acceptors (Lipinski definition) is 3. The number of methoxy groups -OCH3 is 1. The van der Waals surface area contributed by atoms with E-state index in [1.54, 1.807) is 13.2 Å². The van der Waals surface area contributed by atoms with Crippen LogP contribution in [0.4, 0.5) is 0 Å². The molecule has 1 aromatic carbocycles. The minimum absolute atomic E-state index is 0.215. The number of pyridine rings is 1. The SMILES string of the molecule is COCCCn1c(-c2ccc(C)cc2)ccc(C(=O)O)c1=O. The molecule has 1 aromatic heterocycles. The molecule has 0 atom stereocenters. The smallest absolute Gasteiger partial charge is 0.341 e. The van der Waals surface area contributed by atoms with Crippen molar-refractivity contribution in [1.29, 1.82) is 0 Å². The highest BCUT2D eigenvalue weighted by Gasteiger charge is 2.14. The average Bonchev–Trinajstić information content (AvgIpc) is 2.49. The van der Waals surface area contributed by atoms with Crippen LogP contribution in [0.15, 0.2) is 41.2 Å². The Bertz CT molecular complexity index is 716. The molecule has 22 heavy (non-hydrogen) atoms. The zero-order valence-electron chi connectivity index (χ0n) is 12.7. The molecule has 0 amide bonds. The van der Waals surface area contributed by atoms with Gasteiger partial charge in [0.1, 0.15) is 5.56 Å². The number of nitrogens with zero attached hydrogens (tertiary/aromatic N) is 1. The molecule has 1 heterocycles. The van der Waals surface area contributed by atoms with Gasteiger partial charge in [0, 0.05) is 20.3 Å². The zero-order valence-corrected chi connectivity index (χ0v) is 12.7. The standard InChI is InChI=1S/C17H19NO4/c1-12-4-6-13(7-5-12)15-9-8-14(17(20)21)16(19)18(15)10-3-11-22-2/h4-9H,3,10-11H2,1-2H3,(H,20,21). The Balaban J connectivity index is 2.52. The van der Waals surface area contributed by atoms with Crippen LogP contribution < -0.4 is 5.56 Å². The van der Waals surface area contributed by atoms with E-state index in [2.05, 4.69) is 0 Å². The molecule has 0 aliphatic carbocycles. The number of aromatic carboxylic acids is 1. The molecule has 0 aliphatic rings. The summed E-state index contributed by atoms with van der Waals surface area (Å²) in [6.07, 6.45) is 0.637. The second-order valence-electron chi connectivity index (χ2n) is 5.11. The molecule has 0 bridgehead atoms. The minimum atomic E-state index is -1.21. The Morgan fingerprint density at radius 3 is 2.45 bits per heavy atom. The normalized spacial score (nSPS) is 10.6. The molecule has 116 valence electrons. The van der Waals surface area contributed by atoms with Crippen molar-refractivity contribution in [3.05, 3.63) is 57.9 Å². The second kappa shape index (κ2) is 7.04. The first-order valence-corrected chi connectivity index (χ1v) is 7.07. The average molecular weight is 301 g/mol. The van der Waals surface area contributed by atoms with Crippen LogP contribution in [0.25, 0.3) is 11.3 Å². The van der Waals surface area contributed by atoms with Gasteiger partial charge in [-0.05, 0) is 31.0 Å². The molecule has 0 saturated carbocycles. The summed E-state index contributed by atoms with van der Waals surface area (Å²) in [5, 5.41) is 9.12. The Hall–Kier alpha value is -2.40. The number of ether oxygens (including phenoxy) is 1. The fourth-order valence-corrected chi connectivity index (χ4v) is 2.31. The lowest BCUT2D eigenvalue weighted by Crippen LogP contribution is -2.28. The Labute approximate surface area is 128 Å². The third kappa shape index (κ3) is 3.43. The summed E-state index contributed by atoms with van der Waals surface area (Å²) in [4.78, 5) is 23.6. The van der Waals surface area contributed by atoms with Crippen molar-refractivity contribution in [3.63, 3.8) is 0 Å². The van der Waals surface area contributed by atoms with Crippen molar-refractivity contribution < 1.29 is 14.6 Å². The summed E-state index contributed by atoms with van der Waals surface area (Å²) in [7, 11) is 1.59. The van der Waals surface area contributed by atoms with Crippen LogP contribution in [0.3, 0.4) is 0 Å². The maximum absolute atomic E-state index is 12.4. The van der Waals surface area contributed by atoms with Crippen molar-refractivity contribution in [2.75, 3.05) is 13.7 Å². The summed E-state index contributed by atoms with van der Waals surface area (Å²) in [5.74, 6) is -1.21. The van der Waals surface area contributed by atoms with Gasteiger partial charge in [-0.2, -0.15) is 0 Å². The molecule has 1 N–H and O–H groups in total. The fraction of sp³-hybridized carbons (Fsp3) is 0.294. The van der Waals surface area contributed by atoms with Crippen LogP contribution in [0.5, 0.6) is 0 Å². The molecule has 5 nitrogen and oxygen atoms in total. The highest BCUT2D eigenvalue weighted by molar-refractivity contribution is 5.87. The molecule has 0 saturated heterocycles. The van der Waals surface area contributed by atoms with E-state index in [1.165, 1.54) is 10.6 Å². The number of hydrogen-bond donors (Lipinski definition) is 1. The molecule has 2 rings (SSSR count). The number of aryl methyl sites for hydroxylation is 1. The summed E-state index contributed by atoms with van der Waals surface area (Å²) in [5.41, 5.74) is 2.03. The van der Waals surface area contributed by atoms with Gasteiger partial charge < -0.3 is 14.4 Å². The summed E-state index contributed by atoms with van der Waals surface area (Å²) < 4.78 is 6.52. The van der Waals surface area contributed by atoms with E-state index in [0.717, 1.165) is 11.1 Å². The van der Waals surface area contributed by atoms with Crippen LogP contribution >= 0.6 is 0 Å². The predicted molar refractivity (Wildman–Crippen MR) is 84.3 cm³/mol. The van der Waals surface area contributed by atoms with Crippen molar-refractivity contribution in [1.82, 2.24) is 4.57 Å². The molecule has 0 radical (unpaired) electrons. The third-order valence-electron chi connectivity index (χ3n) is 3.48. The van der Waals surface area contributed by atoms with Gasteiger partial charge in [0.05, 0.1) is 5.69 Å². The molecule has 0 aliphatic heterocycles. The number of carboxylic acid groups (broad SMARTS) is 1. The Morgan fingerprint density at radius 1 is 1.18 bits per heavy atom. The van der Waals surface area contributed by atoms with Gasteiger partial charge in [-0.1, -0.05) is 29.8 Å². The maximum atomic E-state index is 12.4. The van der Waals surface area contributed by atoms with E-state index in [1.807, 2.05) is 31.2 Å². The first kappa shape index (κ1) is 16.0. The molecule has 0 fully saturated rings. The largest absolute Gasteiger partial charge is 0.477 e. The van der Waals surface area contributed by atoms with Crippen LogP contribution in [0.2, 0.25) is 0 Å². The number of carbonyl (C=O) groups is 1. The lowest BCUT2D eigenvalue weighted by Gasteiger charge is -2.14. The van der Waals surface area contributed by atoms with Gasteiger partial charge in [-0.25, -0.2) is 4.79 Å². The second-order valence-corrected chi connectivity index (χ2v) is 5.11. The molecular weight excluding hydrogens is 282 g/mol. The Morgan fingerprint density at radius 2 is 1.86 bits per heavy atom. The first-order chi connectivity index (χ1) is 10.5. The van der Waals surface area contributed by atoms with Crippen molar-refractivity contribution in [2.45, 2.75) is 19.9 Å². The summed E-state index contributed by atoms with van der Waals surface area (Å²) >= 11 is 0. The van der Waals surface area contributed by atoms with E-state index in [0.29, 0.717) is 25.3 Å². The molecule has 2 aromatic rings. The molecule has 0 spiro atoms. The lowest BCUT2D eigenvalue weighted by atomic mass is 10.1. The van der Waals surface area contributed by atoms with Crippen LogP contribution in [-0.4, -0.2) is 29.4 Å². The molecular formula is C17H19NO4. The van der Waals surface area contributed by atoms with Gasteiger partial charge >= 0.3 is 5.97 Å². The number of aromatic nitrogens is 1. The quantitative estimate of drug-likeness (QED) is 0.833. The monoisotopic (exact) mass is 301 g/mol. The predicted octanol–water partition coefficient (Wildman–Crippen LogP) is 2.56. The van der Waals surface area contributed by atoms with Gasteiger partial charge in [0.2, 0.25) is 0 Å². The topological polar surface area (TPSA) is 68.5 Å². The van der Waals surface area contributed by atoms with Crippen LogP contribution in [0.1, 0.15) is 22.3 Å². The van der Waals surface area contributed by atoms with Crippen molar-refractivity contribution in [2.24, 2.45) is 0 Å². The minimum Gasteiger partial charge on any atom is -0.477 e. The van der Waals surface area contributed by atoms with E-state index in [-0.39, 0.29) is 5.56 Å². The van der Waals surface area contributed by atoms with Gasteiger partial charge in [0.15, 0.2) is 0 Å². The van der Waals surface area contributed by atoms with Crippen LogP contribution in [0, 0.1) is 6.92 Å². The highest BCUT2D eigenvalue weighted by Crippen LogP contribution is 2.19. The van der Waals surface area contributed by atoms with E-state index < -0.39 is 11.5 Å². The van der Waals surface area contributed by atoms with E-state index >= 15 is 0 Å². The lowest BCUT2D eigenvalue weighted by molar-refractivity contribution is 0.0694. The fourth-order valence-electron chi connectivity index (χ4n) is 2.31. The number of benzene rings is 1. The zero-order chi connectivity index (χ0) is 16.1. The van der Waals surface area contributed by atoms with Gasteiger partial charge in [0.25, 0.3) is 5.56 Å². The van der Waals surface area contributed by atoms with E-state index in [4.69, 9.17) is 9.84 Å². The summed E-state index contributed by atoms with van der Waals surface area (Å²) in [6, 6.07) is 10.8. The highest BCUT2D eigenvalue weighted by atomic mass is 16.5. The van der Waals surface area contributed by atoms with Crippen molar-refractivity contribution in [3.8, 4) is 11.3 Å². The van der Waals surface area contributed by atoms with E-state index in [9.17, 15) is 9.59 Å². The van der Waals surface area contributed by atoms with Crippen molar-refractivity contribution >= 4 is 5.97 Å². The summed E-state index contributed by atoms with van der Waals surface area (Å²) in [6.45, 7) is 2.91. The first-order valence-electron chi connectivity index (χ1n) is 7.07. The Kier molecular flexibility index (Phi) is 5.12. The molecule has 0 unspecified atom stereocenters. The number of carboxylic acids is 1.